The van der Waals surface area contributed by atoms with Gasteiger partial charge in [0, 0.05) is 24.0 Å². The van der Waals surface area contributed by atoms with E-state index in [4.69, 9.17) is 4.74 Å². The van der Waals surface area contributed by atoms with Gasteiger partial charge in [-0.2, -0.15) is 0 Å². The number of hydrogen-bond donors (Lipinski definition) is 2. The number of benzene rings is 1. The third-order valence-corrected chi connectivity index (χ3v) is 5.69. The molecule has 1 fully saturated rings. The van der Waals surface area contributed by atoms with Crippen LogP contribution >= 0.6 is 0 Å². The minimum Gasteiger partial charge on any atom is -0.493 e. The molecular formula is C24H32N2O3. The van der Waals surface area contributed by atoms with Crippen molar-refractivity contribution in [3.8, 4) is 5.75 Å². The molecule has 0 spiro atoms. The first-order valence-corrected chi connectivity index (χ1v) is 10.4. The minimum absolute atomic E-state index is 0.00636. The largest absolute Gasteiger partial charge is 0.493 e. The van der Waals surface area contributed by atoms with Gasteiger partial charge in [-0.3, -0.25) is 9.78 Å². The molecule has 0 aliphatic heterocycles. The molecule has 5 nitrogen and oxygen atoms in total. The summed E-state index contributed by atoms with van der Waals surface area (Å²) in [6.07, 6.45) is 6.52. The third kappa shape index (κ3) is 5.80. The average Bonchev–Trinajstić information content (AvgIpc) is 2.70. The van der Waals surface area contributed by atoms with E-state index in [1.165, 1.54) is 5.56 Å². The highest BCUT2D eigenvalue weighted by atomic mass is 16.5. The van der Waals surface area contributed by atoms with Crippen molar-refractivity contribution in [3.05, 3.63) is 59.9 Å². The molecule has 0 saturated heterocycles. The first-order valence-electron chi connectivity index (χ1n) is 10.4. The molecule has 1 amide bonds. The molecule has 1 aliphatic carbocycles. The van der Waals surface area contributed by atoms with Crippen LogP contribution in [0.25, 0.3) is 0 Å². The lowest BCUT2D eigenvalue weighted by Gasteiger charge is -2.36. The maximum Gasteiger partial charge on any atom is 0.223 e. The number of carbonyl (C=O) groups is 1. The Kier molecular flexibility index (Phi) is 6.58. The van der Waals surface area contributed by atoms with Gasteiger partial charge in [0.05, 0.1) is 18.6 Å². The zero-order valence-electron chi connectivity index (χ0n) is 17.6. The molecule has 156 valence electrons. The number of ether oxygens (including phenoxy) is 1. The first-order chi connectivity index (χ1) is 13.8. The maximum atomic E-state index is 12.3. The van der Waals surface area contributed by atoms with Crippen molar-refractivity contribution in [2.45, 2.75) is 69.9 Å². The van der Waals surface area contributed by atoms with Gasteiger partial charge < -0.3 is 15.2 Å². The summed E-state index contributed by atoms with van der Waals surface area (Å²) in [5.41, 5.74) is 1.39. The Morgan fingerprint density at radius 3 is 2.48 bits per heavy atom. The van der Waals surface area contributed by atoms with Crippen molar-refractivity contribution < 1.29 is 14.6 Å². The number of amides is 1. The van der Waals surface area contributed by atoms with Crippen molar-refractivity contribution in [2.24, 2.45) is 0 Å². The molecule has 0 unspecified atom stereocenters. The fourth-order valence-electron chi connectivity index (χ4n) is 3.78. The lowest BCUT2D eigenvalue weighted by molar-refractivity contribution is -0.123. The van der Waals surface area contributed by atoms with Crippen LogP contribution in [-0.2, 0) is 15.8 Å². The number of aromatic nitrogens is 1. The molecule has 0 radical (unpaired) electrons. The second kappa shape index (κ2) is 8.95. The van der Waals surface area contributed by atoms with Crippen LogP contribution in [0.3, 0.4) is 0 Å². The summed E-state index contributed by atoms with van der Waals surface area (Å²) in [7, 11) is 0. The normalized spacial score (nSPS) is 22.1. The highest BCUT2D eigenvalue weighted by molar-refractivity contribution is 5.76. The Hall–Kier alpha value is -2.40. The van der Waals surface area contributed by atoms with Gasteiger partial charge >= 0.3 is 0 Å². The third-order valence-electron chi connectivity index (χ3n) is 5.69. The van der Waals surface area contributed by atoms with Crippen LogP contribution in [0.4, 0.5) is 0 Å². The summed E-state index contributed by atoms with van der Waals surface area (Å²) in [6.45, 7) is 6.88. The van der Waals surface area contributed by atoms with Gasteiger partial charge in [0.2, 0.25) is 5.91 Å². The lowest BCUT2D eigenvalue weighted by atomic mass is 9.78. The monoisotopic (exact) mass is 396 g/mol. The SMILES string of the molecule is CC(C)(C)c1ccc(OCCC(=O)NC2CCC(O)(c3cccnc3)CC2)cc1. The summed E-state index contributed by atoms with van der Waals surface area (Å²) >= 11 is 0. The molecule has 3 rings (SSSR count). The Morgan fingerprint density at radius 1 is 1.21 bits per heavy atom. The van der Waals surface area contributed by atoms with Crippen molar-refractivity contribution in [1.29, 1.82) is 0 Å². The van der Waals surface area contributed by atoms with Crippen molar-refractivity contribution in [3.63, 3.8) is 0 Å². The lowest BCUT2D eigenvalue weighted by Crippen LogP contribution is -2.42. The van der Waals surface area contributed by atoms with E-state index in [2.05, 4.69) is 43.2 Å². The topological polar surface area (TPSA) is 71.5 Å². The predicted octanol–water partition coefficient (Wildman–Crippen LogP) is 4.09. The van der Waals surface area contributed by atoms with Crippen LogP contribution in [-0.4, -0.2) is 28.6 Å². The van der Waals surface area contributed by atoms with E-state index in [-0.39, 0.29) is 17.4 Å². The quantitative estimate of drug-likeness (QED) is 0.771. The van der Waals surface area contributed by atoms with Gasteiger partial charge in [-0.15, -0.1) is 0 Å². The molecular weight excluding hydrogens is 364 g/mol. The average molecular weight is 397 g/mol. The Bertz CT molecular complexity index is 789. The van der Waals surface area contributed by atoms with Gasteiger partial charge in [0.25, 0.3) is 0 Å². The van der Waals surface area contributed by atoms with Gasteiger partial charge in [-0.05, 0) is 54.9 Å². The zero-order chi connectivity index (χ0) is 20.9. The summed E-state index contributed by atoms with van der Waals surface area (Å²) in [5.74, 6) is 0.776. The summed E-state index contributed by atoms with van der Waals surface area (Å²) in [6, 6.07) is 11.9. The molecule has 0 atom stereocenters. The van der Waals surface area contributed by atoms with E-state index >= 15 is 0 Å². The van der Waals surface area contributed by atoms with Crippen LogP contribution in [0.15, 0.2) is 48.8 Å². The number of pyridine rings is 1. The van der Waals surface area contributed by atoms with Gasteiger partial charge in [-0.1, -0.05) is 39.0 Å². The van der Waals surface area contributed by atoms with E-state index < -0.39 is 5.60 Å². The second-order valence-corrected chi connectivity index (χ2v) is 8.99. The Labute approximate surface area is 173 Å². The van der Waals surface area contributed by atoms with E-state index in [9.17, 15) is 9.90 Å². The molecule has 1 saturated carbocycles. The number of nitrogens with one attached hydrogen (secondary N) is 1. The Balaban J connectivity index is 1.39. The minimum atomic E-state index is -0.835. The van der Waals surface area contributed by atoms with E-state index in [0.717, 1.165) is 24.2 Å². The van der Waals surface area contributed by atoms with Crippen LogP contribution in [0, 0.1) is 0 Å². The maximum absolute atomic E-state index is 12.3. The Morgan fingerprint density at radius 2 is 1.90 bits per heavy atom. The number of aliphatic hydroxyl groups is 1. The van der Waals surface area contributed by atoms with Gasteiger partial charge in [-0.25, -0.2) is 0 Å². The highest BCUT2D eigenvalue weighted by Gasteiger charge is 2.35. The molecule has 5 heteroatoms. The van der Waals surface area contributed by atoms with Crippen molar-refractivity contribution in [1.82, 2.24) is 10.3 Å². The van der Waals surface area contributed by atoms with Gasteiger partial charge in [0.15, 0.2) is 0 Å². The highest BCUT2D eigenvalue weighted by Crippen LogP contribution is 2.36. The predicted molar refractivity (Wildman–Crippen MR) is 114 cm³/mol. The standard InChI is InChI=1S/C24H32N2O3/c1-23(2,3)18-6-8-21(9-7-18)29-16-12-22(27)26-20-10-13-24(28,14-11-20)19-5-4-15-25-17-19/h4-9,15,17,20,28H,10-14,16H2,1-3H3,(H,26,27). The zero-order valence-corrected chi connectivity index (χ0v) is 17.6. The first kappa shape index (κ1) is 21.3. The van der Waals surface area contributed by atoms with Crippen LogP contribution in [0.2, 0.25) is 0 Å². The van der Waals surface area contributed by atoms with Crippen LogP contribution in [0.5, 0.6) is 5.75 Å². The number of hydrogen-bond acceptors (Lipinski definition) is 4. The molecule has 1 aromatic heterocycles. The molecule has 2 aromatic rings. The summed E-state index contributed by atoms with van der Waals surface area (Å²) in [4.78, 5) is 16.4. The number of carbonyl (C=O) groups excluding carboxylic acids is 1. The summed E-state index contributed by atoms with van der Waals surface area (Å²) < 4.78 is 5.72. The number of nitrogens with zero attached hydrogens (tertiary/aromatic N) is 1. The van der Waals surface area contributed by atoms with E-state index in [1.54, 1.807) is 12.4 Å². The molecule has 1 heterocycles. The number of rotatable bonds is 6. The fourth-order valence-corrected chi connectivity index (χ4v) is 3.78. The molecule has 1 aliphatic rings. The van der Waals surface area contributed by atoms with Gasteiger partial charge in [0.1, 0.15) is 5.75 Å². The molecule has 29 heavy (non-hydrogen) atoms. The van der Waals surface area contributed by atoms with Crippen molar-refractivity contribution in [2.75, 3.05) is 6.61 Å². The second-order valence-electron chi connectivity index (χ2n) is 8.99. The fraction of sp³-hybridized carbons (Fsp3) is 0.500. The summed E-state index contributed by atoms with van der Waals surface area (Å²) in [5, 5.41) is 13.9. The smallest absolute Gasteiger partial charge is 0.223 e. The molecule has 0 bridgehead atoms. The van der Waals surface area contributed by atoms with E-state index in [0.29, 0.717) is 25.9 Å². The van der Waals surface area contributed by atoms with Crippen LogP contribution in [0.1, 0.15) is 64.0 Å². The molecule has 1 aromatic carbocycles. The van der Waals surface area contributed by atoms with Crippen molar-refractivity contribution >= 4 is 5.91 Å². The van der Waals surface area contributed by atoms with E-state index in [1.807, 2.05) is 24.3 Å². The molecule has 2 N–H and O–H groups in total. The van der Waals surface area contributed by atoms with Crippen LogP contribution < -0.4 is 10.1 Å².